The maximum Gasteiger partial charge on any atom is 0.232 e. The highest BCUT2D eigenvalue weighted by Gasteiger charge is 2.11. The maximum atomic E-state index is 13.0. The Kier molecular flexibility index (Phi) is 2.94. The predicted octanol–water partition coefficient (Wildman–Crippen LogP) is 0.888. The summed E-state index contributed by atoms with van der Waals surface area (Å²) in [5.74, 6) is -1.91. The van der Waals surface area contributed by atoms with Crippen molar-refractivity contribution in [2.45, 2.75) is 0 Å². The Balaban J connectivity index is 3.51. The Bertz CT molecular complexity index is 535. The van der Waals surface area contributed by atoms with Crippen molar-refractivity contribution in [3.63, 3.8) is 0 Å². The van der Waals surface area contributed by atoms with Gasteiger partial charge in [0.1, 0.15) is 17.7 Å². The second-order valence-electron chi connectivity index (χ2n) is 2.30. The molecule has 0 saturated carbocycles. The first-order chi connectivity index (χ1) is 6.56. The smallest absolute Gasteiger partial charge is 0.207 e. The molecule has 0 fully saturated rings. The van der Waals surface area contributed by atoms with E-state index in [4.69, 9.17) is 5.26 Å². The summed E-state index contributed by atoms with van der Waals surface area (Å²) in [6, 6.07) is 3.61. The highest BCUT2D eigenvalue weighted by molar-refractivity contribution is 7.74. The van der Waals surface area contributed by atoms with Crippen LogP contribution in [0.1, 0.15) is 5.56 Å². The molecule has 1 rings (SSSR count). The molecule has 0 radical (unpaired) electrons. The van der Waals surface area contributed by atoms with Crippen LogP contribution in [0.5, 0.6) is 0 Å². The van der Waals surface area contributed by atoms with E-state index in [1.165, 1.54) is 6.07 Å². The van der Waals surface area contributed by atoms with Gasteiger partial charge in [0.15, 0.2) is 4.86 Å². The zero-order chi connectivity index (χ0) is 10.7. The van der Waals surface area contributed by atoms with E-state index in [1.807, 2.05) is 0 Å². The molecular weight excluding hydrogens is 212 g/mol. The Morgan fingerprint density at radius 1 is 1.36 bits per heavy atom. The van der Waals surface area contributed by atoms with E-state index in [-0.39, 0.29) is 0 Å². The van der Waals surface area contributed by atoms with Crippen molar-refractivity contribution in [2.75, 3.05) is 0 Å². The second-order valence-corrected chi connectivity index (χ2v) is 3.18. The lowest BCUT2D eigenvalue weighted by Crippen LogP contribution is -2.02. The molecule has 14 heavy (non-hydrogen) atoms. The monoisotopic (exact) mass is 215 g/mol. The van der Waals surface area contributed by atoms with Gasteiger partial charge < -0.3 is 0 Å². The van der Waals surface area contributed by atoms with Crippen molar-refractivity contribution < 1.29 is 17.2 Å². The lowest BCUT2D eigenvalue weighted by atomic mass is 10.1. The molecule has 1 aromatic rings. The van der Waals surface area contributed by atoms with E-state index < -0.39 is 32.4 Å². The van der Waals surface area contributed by atoms with Crippen LogP contribution in [-0.4, -0.2) is 13.3 Å². The highest BCUT2D eigenvalue weighted by Crippen LogP contribution is 2.09. The lowest BCUT2D eigenvalue weighted by Gasteiger charge is -1.96. The van der Waals surface area contributed by atoms with Crippen LogP contribution < -0.4 is 0 Å². The van der Waals surface area contributed by atoms with Crippen LogP contribution in [0.3, 0.4) is 0 Å². The Labute approximate surface area is 79.7 Å². The SMILES string of the molecule is N#CC(c1ccc(F)cc1F)=S(=O)=O. The molecule has 72 valence electrons. The maximum absolute atomic E-state index is 13.0. The molecule has 0 bridgehead atoms. The van der Waals surface area contributed by atoms with Crippen LogP contribution in [0.25, 0.3) is 0 Å². The minimum Gasteiger partial charge on any atom is -0.207 e. The van der Waals surface area contributed by atoms with Gasteiger partial charge in [0.2, 0.25) is 10.3 Å². The summed E-state index contributed by atoms with van der Waals surface area (Å²) in [5, 5.41) is 8.40. The quantitative estimate of drug-likeness (QED) is 0.516. The van der Waals surface area contributed by atoms with Crippen molar-refractivity contribution in [3.8, 4) is 6.07 Å². The van der Waals surface area contributed by atoms with Crippen molar-refractivity contribution in [2.24, 2.45) is 0 Å². The van der Waals surface area contributed by atoms with E-state index in [2.05, 4.69) is 0 Å². The summed E-state index contributed by atoms with van der Waals surface area (Å²) in [4.78, 5) is -0.748. The first-order valence-corrected chi connectivity index (χ1v) is 4.45. The van der Waals surface area contributed by atoms with Gasteiger partial charge in [-0.2, -0.15) is 13.7 Å². The molecule has 0 saturated heterocycles. The van der Waals surface area contributed by atoms with Gasteiger partial charge in [0.25, 0.3) is 0 Å². The van der Waals surface area contributed by atoms with Gasteiger partial charge in [0.05, 0.1) is 0 Å². The average molecular weight is 215 g/mol. The number of hydrogen-bond donors (Lipinski definition) is 0. The number of benzene rings is 1. The summed E-state index contributed by atoms with van der Waals surface area (Å²) in [6.07, 6.45) is 0. The number of halogens is 2. The van der Waals surface area contributed by atoms with E-state index in [1.54, 1.807) is 0 Å². The summed E-state index contributed by atoms with van der Waals surface area (Å²) in [7, 11) is -2.83. The largest absolute Gasteiger partial charge is 0.232 e. The molecule has 0 aliphatic heterocycles. The fourth-order valence-corrected chi connectivity index (χ4v) is 1.28. The minimum absolute atomic E-state index is 0.428. The van der Waals surface area contributed by atoms with Crippen molar-refractivity contribution in [1.82, 2.24) is 0 Å². The Hall–Kier alpha value is -1.74. The first kappa shape index (κ1) is 10.3. The van der Waals surface area contributed by atoms with Gasteiger partial charge in [-0.05, 0) is 12.1 Å². The molecule has 6 heteroatoms. The van der Waals surface area contributed by atoms with Crippen molar-refractivity contribution in [3.05, 3.63) is 35.4 Å². The number of rotatable bonds is 1. The number of nitriles is 1. The molecule has 0 aliphatic carbocycles. The normalized spacial score (nSPS) is 9.21. The van der Waals surface area contributed by atoms with Gasteiger partial charge in [0, 0.05) is 11.6 Å². The minimum atomic E-state index is -2.83. The van der Waals surface area contributed by atoms with Gasteiger partial charge in [-0.3, -0.25) is 0 Å². The van der Waals surface area contributed by atoms with Crippen LogP contribution in [0, 0.1) is 23.0 Å². The van der Waals surface area contributed by atoms with Gasteiger partial charge >= 0.3 is 0 Å². The molecule has 0 amide bonds. The fraction of sp³-hybridized carbons (Fsp3) is 0. The molecule has 0 heterocycles. The van der Waals surface area contributed by atoms with Gasteiger partial charge in [-0.25, -0.2) is 8.78 Å². The molecule has 0 spiro atoms. The van der Waals surface area contributed by atoms with E-state index in [0.717, 1.165) is 12.1 Å². The number of nitrogens with zero attached hydrogens (tertiary/aromatic N) is 1. The average Bonchev–Trinajstić information content (AvgIpc) is 2.09. The predicted molar refractivity (Wildman–Crippen MR) is 45.0 cm³/mol. The Morgan fingerprint density at radius 3 is 2.43 bits per heavy atom. The van der Waals surface area contributed by atoms with Crippen molar-refractivity contribution in [1.29, 1.82) is 5.26 Å². The standard InChI is InChI=1S/C8H3F2NO2S/c9-5-1-2-6(7(10)3-5)8(4-11)14(12)13/h1-3H. The number of hydrogen-bond acceptors (Lipinski definition) is 3. The second kappa shape index (κ2) is 3.98. The van der Waals surface area contributed by atoms with Gasteiger partial charge in [-0.1, -0.05) is 0 Å². The lowest BCUT2D eigenvalue weighted by molar-refractivity contribution is 0.582. The fourth-order valence-electron chi connectivity index (χ4n) is 0.861. The van der Waals surface area contributed by atoms with Crippen LogP contribution in [-0.2, 0) is 10.3 Å². The summed E-state index contributed by atoms with van der Waals surface area (Å²) in [6.45, 7) is 0. The van der Waals surface area contributed by atoms with Gasteiger partial charge in [-0.15, -0.1) is 0 Å². The molecule has 0 unspecified atom stereocenters. The van der Waals surface area contributed by atoms with Crippen LogP contribution in [0.2, 0.25) is 0 Å². The van der Waals surface area contributed by atoms with Crippen molar-refractivity contribution >= 4 is 15.2 Å². The molecule has 1 aromatic carbocycles. The van der Waals surface area contributed by atoms with Crippen LogP contribution >= 0.6 is 0 Å². The first-order valence-electron chi connectivity index (χ1n) is 3.38. The third-order valence-electron chi connectivity index (χ3n) is 1.44. The third-order valence-corrected chi connectivity index (χ3v) is 2.09. The van der Waals surface area contributed by atoms with E-state index in [9.17, 15) is 17.2 Å². The molecule has 0 atom stereocenters. The van der Waals surface area contributed by atoms with E-state index >= 15 is 0 Å². The Morgan fingerprint density at radius 2 is 2.00 bits per heavy atom. The molecule has 0 N–H and O–H groups in total. The summed E-state index contributed by atoms with van der Waals surface area (Å²) >= 11 is 0. The molecule has 0 aromatic heterocycles. The summed E-state index contributed by atoms with van der Waals surface area (Å²) in [5.41, 5.74) is -0.428. The summed E-state index contributed by atoms with van der Waals surface area (Å²) < 4.78 is 46.3. The molecular formula is C8H3F2NO2S. The zero-order valence-corrected chi connectivity index (χ0v) is 7.48. The molecule has 3 nitrogen and oxygen atoms in total. The topological polar surface area (TPSA) is 57.9 Å². The van der Waals surface area contributed by atoms with E-state index in [0.29, 0.717) is 6.07 Å². The van der Waals surface area contributed by atoms with Crippen LogP contribution in [0.15, 0.2) is 18.2 Å². The third kappa shape index (κ3) is 1.95. The van der Waals surface area contributed by atoms with Crippen LogP contribution in [0.4, 0.5) is 8.78 Å². The highest BCUT2D eigenvalue weighted by atomic mass is 32.2. The zero-order valence-electron chi connectivity index (χ0n) is 6.66. The molecule has 0 aliphatic rings.